The van der Waals surface area contributed by atoms with Gasteiger partial charge in [0.25, 0.3) is 0 Å². The van der Waals surface area contributed by atoms with Crippen LogP contribution in [0.3, 0.4) is 0 Å². The number of nitrogens with one attached hydrogen (secondary N) is 1. The molecule has 0 fully saturated rings. The summed E-state index contributed by atoms with van der Waals surface area (Å²) >= 11 is 0. The van der Waals surface area contributed by atoms with E-state index in [0.29, 0.717) is 19.8 Å². The molecule has 4 heteroatoms. The molecule has 1 aromatic carbocycles. The van der Waals surface area contributed by atoms with Crippen LogP contribution < -0.4 is 11.3 Å². The lowest BCUT2D eigenvalue weighted by Gasteiger charge is -2.10. The predicted molar refractivity (Wildman–Crippen MR) is 54.3 cm³/mol. The highest BCUT2D eigenvalue weighted by Gasteiger charge is 2.01. The Morgan fingerprint density at radius 3 is 2.71 bits per heavy atom. The molecule has 0 radical (unpaired) electrons. The van der Waals surface area contributed by atoms with Gasteiger partial charge < -0.3 is 9.84 Å². The Morgan fingerprint density at radius 2 is 2.07 bits per heavy atom. The minimum Gasteiger partial charge on any atom is -0.389 e. The molecule has 1 atom stereocenters. The van der Waals surface area contributed by atoms with Gasteiger partial charge in [0.15, 0.2) is 0 Å². The number of ether oxygens (including phenoxy) is 1. The van der Waals surface area contributed by atoms with Crippen LogP contribution >= 0.6 is 0 Å². The fourth-order valence-corrected chi connectivity index (χ4v) is 1.08. The monoisotopic (exact) mass is 196 g/mol. The van der Waals surface area contributed by atoms with Gasteiger partial charge in [-0.2, -0.15) is 0 Å². The summed E-state index contributed by atoms with van der Waals surface area (Å²) in [7, 11) is 0. The van der Waals surface area contributed by atoms with E-state index in [0.717, 1.165) is 5.56 Å². The minimum absolute atomic E-state index is 0.291. The molecule has 4 N–H and O–H groups in total. The quantitative estimate of drug-likeness (QED) is 0.443. The van der Waals surface area contributed by atoms with E-state index < -0.39 is 6.10 Å². The molecule has 0 unspecified atom stereocenters. The van der Waals surface area contributed by atoms with Gasteiger partial charge in [-0.1, -0.05) is 30.3 Å². The Balaban J connectivity index is 2.16. The maximum absolute atomic E-state index is 9.26. The number of nitrogens with two attached hydrogens (primary N) is 1. The van der Waals surface area contributed by atoms with Gasteiger partial charge in [-0.3, -0.25) is 11.3 Å². The topological polar surface area (TPSA) is 67.5 Å². The van der Waals surface area contributed by atoms with Gasteiger partial charge in [-0.25, -0.2) is 0 Å². The first-order valence-corrected chi connectivity index (χ1v) is 4.56. The second kappa shape index (κ2) is 6.50. The normalized spacial score (nSPS) is 12.7. The molecule has 0 aliphatic carbocycles. The molecule has 0 aromatic heterocycles. The van der Waals surface area contributed by atoms with E-state index in [2.05, 4.69) is 5.43 Å². The average Bonchev–Trinajstić information content (AvgIpc) is 2.20. The molecule has 0 spiro atoms. The summed E-state index contributed by atoms with van der Waals surface area (Å²) in [5, 5.41) is 9.26. The van der Waals surface area contributed by atoms with Crippen molar-refractivity contribution in [3.63, 3.8) is 0 Å². The SMILES string of the molecule is NNC[C@@H](O)COCc1ccccc1. The highest BCUT2D eigenvalue weighted by Crippen LogP contribution is 2.00. The first-order chi connectivity index (χ1) is 6.83. The van der Waals surface area contributed by atoms with Crippen molar-refractivity contribution in [2.45, 2.75) is 12.7 Å². The summed E-state index contributed by atoms with van der Waals surface area (Å²) in [5.41, 5.74) is 3.48. The highest BCUT2D eigenvalue weighted by atomic mass is 16.5. The van der Waals surface area contributed by atoms with Gasteiger partial charge in [0.2, 0.25) is 0 Å². The summed E-state index contributed by atoms with van der Waals surface area (Å²) in [4.78, 5) is 0. The molecule has 0 saturated heterocycles. The lowest BCUT2D eigenvalue weighted by atomic mass is 10.2. The number of aliphatic hydroxyl groups is 1. The van der Waals surface area contributed by atoms with Crippen LogP contribution in [0.5, 0.6) is 0 Å². The molecule has 1 rings (SSSR count). The first-order valence-electron chi connectivity index (χ1n) is 4.56. The number of hydrazine groups is 1. The van der Waals surface area contributed by atoms with Gasteiger partial charge in [-0.15, -0.1) is 0 Å². The third kappa shape index (κ3) is 4.34. The maximum Gasteiger partial charge on any atom is 0.0911 e. The zero-order valence-corrected chi connectivity index (χ0v) is 8.02. The summed E-state index contributed by atoms with van der Waals surface area (Å²) in [5.74, 6) is 5.05. The smallest absolute Gasteiger partial charge is 0.0911 e. The highest BCUT2D eigenvalue weighted by molar-refractivity contribution is 5.13. The molecule has 0 bridgehead atoms. The van der Waals surface area contributed by atoms with Crippen molar-refractivity contribution >= 4 is 0 Å². The molecule has 0 aliphatic heterocycles. The Hall–Kier alpha value is -0.940. The lowest BCUT2D eigenvalue weighted by Crippen LogP contribution is -2.34. The third-order valence-corrected chi connectivity index (χ3v) is 1.78. The number of hydrogen-bond donors (Lipinski definition) is 3. The van der Waals surface area contributed by atoms with Crippen LogP contribution in [0.15, 0.2) is 30.3 Å². The van der Waals surface area contributed by atoms with Gasteiger partial charge >= 0.3 is 0 Å². The second-order valence-electron chi connectivity index (χ2n) is 3.06. The Bertz CT molecular complexity index is 241. The number of rotatable bonds is 6. The van der Waals surface area contributed by atoms with Crippen molar-refractivity contribution in [2.24, 2.45) is 5.84 Å². The van der Waals surface area contributed by atoms with Crippen molar-refractivity contribution in [1.29, 1.82) is 0 Å². The fraction of sp³-hybridized carbons (Fsp3) is 0.400. The van der Waals surface area contributed by atoms with Crippen molar-refractivity contribution in [1.82, 2.24) is 5.43 Å². The zero-order valence-electron chi connectivity index (χ0n) is 8.02. The standard InChI is InChI=1S/C10H16N2O2/c11-12-6-10(13)8-14-7-9-4-2-1-3-5-9/h1-5,10,12-13H,6-8,11H2/t10-/m1/s1. The molecule has 1 aromatic rings. The molecule has 0 heterocycles. The first kappa shape index (κ1) is 11.1. The molecule has 0 saturated carbocycles. The molecule has 78 valence electrons. The van der Waals surface area contributed by atoms with E-state index in [9.17, 15) is 5.11 Å². The fourth-order valence-electron chi connectivity index (χ4n) is 1.08. The molecular formula is C10H16N2O2. The van der Waals surface area contributed by atoms with E-state index in [1.807, 2.05) is 30.3 Å². The number of aliphatic hydroxyl groups excluding tert-OH is 1. The van der Waals surface area contributed by atoms with E-state index in [1.165, 1.54) is 0 Å². The van der Waals surface area contributed by atoms with Gasteiger partial charge in [0.1, 0.15) is 0 Å². The van der Waals surface area contributed by atoms with Crippen molar-refractivity contribution in [3.05, 3.63) is 35.9 Å². The van der Waals surface area contributed by atoms with E-state index in [1.54, 1.807) is 0 Å². The Morgan fingerprint density at radius 1 is 1.36 bits per heavy atom. The Kier molecular flexibility index (Phi) is 5.17. The number of hydrogen-bond acceptors (Lipinski definition) is 4. The van der Waals surface area contributed by atoms with Crippen LogP contribution in [0, 0.1) is 0 Å². The Labute approximate surface area is 83.7 Å². The van der Waals surface area contributed by atoms with Crippen molar-refractivity contribution < 1.29 is 9.84 Å². The van der Waals surface area contributed by atoms with E-state index in [-0.39, 0.29) is 0 Å². The van der Waals surface area contributed by atoms with Gasteiger partial charge in [-0.05, 0) is 5.56 Å². The van der Waals surface area contributed by atoms with Crippen LogP contribution in [0.4, 0.5) is 0 Å². The molecule has 0 aliphatic rings. The van der Waals surface area contributed by atoms with Crippen LogP contribution in [-0.2, 0) is 11.3 Å². The van der Waals surface area contributed by atoms with Crippen LogP contribution in [0.1, 0.15) is 5.56 Å². The summed E-state index contributed by atoms with van der Waals surface area (Å²) in [6.07, 6.45) is -0.552. The average molecular weight is 196 g/mol. The summed E-state index contributed by atoms with van der Waals surface area (Å²) < 4.78 is 5.29. The zero-order chi connectivity index (χ0) is 10.2. The second-order valence-corrected chi connectivity index (χ2v) is 3.06. The van der Waals surface area contributed by atoms with Crippen molar-refractivity contribution in [2.75, 3.05) is 13.2 Å². The molecule has 14 heavy (non-hydrogen) atoms. The molecule has 4 nitrogen and oxygen atoms in total. The van der Waals surface area contributed by atoms with Crippen molar-refractivity contribution in [3.8, 4) is 0 Å². The molecule has 0 amide bonds. The van der Waals surface area contributed by atoms with E-state index in [4.69, 9.17) is 10.6 Å². The maximum atomic E-state index is 9.26. The predicted octanol–water partition coefficient (Wildman–Crippen LogP) is 0.0274. The van der Waals surface area contributed by atoms with Crippen LogP contribution in [0.2, 0.25) is 0 Å². The largest absolute Gasteiger partial charge is 0.389 e. The van der Waals surface area contributed by atoms with Gasteiger partial charge in [0.05, 0.1) is 19.3 Å². The van der Waals surface area contributed by atoms with E-state index >= 15 is 0 Å². The number of benzene rings is 1. The van der Waals surface area contributed by atoms with Gasteiger partial charge in [0, 0.05) is 6.54 Å². The van der Waals surface area contributed by atoms with Crippen LogP contribution in [-0.4, -0.2) is 24.4 Å². The molecular weight excluding hydrogens is 180 g/mol. The minimum atomic E-state index is -0.552. The lowest BCUT2D eigenvalue weighted by molar-refractivity contribution is 0.0290. The summed E-state index contributed by atoms with van der Waals surface area (Å²) in [6, 6.07) is 9.82. The van der Waals surface area contributed by atoms with Crippen LogP contribution in [0.25, 0.3) is 0 Å². The third-order valence-electron chi connectivity index (χ3n) is 1.78. The summed E-state index contributed by atoms with van der Waals surface area (Å²) in [6.45, 7) is 1.15.